The lowest BCUT2D eigenvalue weighted by atomic mass is 10.2. The number of ether oxygens (including phenoxy) is 1. The van der Waals surface area contributed by atoms with Crippen LogP contribution >= 0.6 is 0 Å². The predicted molar refractivity (Wildman–Crippen MR) is 61.7 cm³/mol. The van der Waals surface area contributed by atoms with E-state index in [9.17, 15) is 0 Å². The molecule has 0 bridgehead atoms. The van der Waals surface area contributed by atoms with Gasteiger partial charge in [0.15, 0.2) is 0 Å². The van der Waals surface area contributed by atoms with Crippen LogP contribution in [0.4, 0.5) is 0 Å². The predicted octanol–water partition coefficient (Wildman–Crippen LogP) is 1.12. The van der Waals surface area contributed by atoms with E-state index in [-0.39, 0.29) is 0 Å². The maximum atomic E-state index is 5.08. The molecule has 0 aliphatic carbocycles. The molecule has 1 N–H and O–H groups in total. The minimum absolute atomic E-state index is 0.531. The fraction of sp³-hybridized carbons (Fsp3) is 0.818. The van der Waals surface area contributed by atoms with Gasteiger partial charge < -0.3 is 10.1 Å². The number of nitrogens with one attached hydrogen (secondary N) is 1. The van der Waals surface area contributed by atoms with Crippen LogP contribution in [0.3, 0.4) is 0 Å². The van der Waals surface area contributed by atoms with Gasteiger partial charge in [0.25, 0.3) is 0 Å². The van der Waals surface area contributed by atoms with Crippen LogP contribution in [-0.2, 0) is 4.74 Å². The molecule has 3 nitrogen and oxygen atoms in total. The van der Waals surface area contributed by atoms with Gasteiger partial charge in [-0.2, -0.15) is 0 Å². The summed E-state index contributed by atoms with van der Waals surface area (Å²) in [6.45, 7) is 12.8. The Morgan fingerprint density at radius 1 is 1.57 bits per heavy atom. The second kappa shape index (κ2) is 9.19. The van der Waals surface area contributed by atoms with Gasteiger partial charge in [0.1, 0.15) is 0 Å². The molecule has 84 valence electrons. The summed E-state index contributed by atoms with van der Waals surface area (Å²) in [7, 11) is 1.74. The topological polar surface area (TPSA) is 24.5 Å². The zero-order chi connectivity index (χ0) is 10.8. The van der Waals surface area contributed by atoms with Crippen molar-refractivity contribution in [2.75, 3.05) is 39.9 Å². The maximum absolute atomic E-state index is 5.08. The second-order valence-corrected chi connectivity index (χ2v) is 3.43. The Morgan fingerprint density at radius 3 is 2.79 bits per heavy atom. The number of hydrogen-bond donors (Lipinski definition) is 1. The van der Waals surface area contributed by atoms with E-state index in [4.69, 9.17) is 4.74 Å². The summed E-state index contributed by atoms with van der Waals surface area (Å²) in [4.78, 5) is 2.36. The second-order valence-electron chi connectivity index (χ2n) is 3.43. The first-order chi connectivity index (χ1) is 6.76. The van der Waals surface area contributed by atoms with E-state index in [0.29, 0.717) is 6.04 Å². The molecule has 0 aromatic rings. The van der Waals surface area contributed by atoms with Crippen LogP contribution in [0, 0.1) is 0 Å². The quantitative estimate of drug-likeness (QED) is 0.564. The van der Waals surface area contributed by atoms with Crippen molar-refractivity contribution in [3.05, 3.63) is 12.7 Å². The SMILES string of the molecule is C=CCN(CCOC)C(C)CNCC. The molecular weight excluding hydrogens is 176 g/mol. The van der Waals surface area contributed by atoms with Gasteiger partial charge in [-0.1, -0.05) is 13.0 Å². The Bertz CT molecular complexity index is 139. The number of rotatable bonds is 9. The van der Waals surface area contributed by atoms with Crippen LogP contribution in [0.15, 0.2) is 12.7 Å². The fourth-order valence-corrected chi connectivity index (χ4v) is 1.35. The third-order valence-electron chi connectivity index (χ3n) is 2.26. The number of hydrogen-bond acceptors (Lipinski definition) is 3. The maximum Gasteiger partial charge on any atom is 0.0589 e. The van der Waals surface area contributed by atoms with Gasteiger partial charge in [-0.3, -0.25) is 4.90 Å². The molecule has 0 fully saturated rings. The van der Waals surface area contributed by atoms with Gasteiger partial charge in [0.05, 0.1) is 6.61 Å². The molecule has 0 heterocycles. The molecule has 1 atom stereocenters. The molecule has 0 amide bonds. The third kappa shape index (κ3) is 6.13. The van der Waals surface area contributed by atoms with E-state index in [1.165, 1.54) is 0 Å². The number of methoxy groups -OCH3 is 1. The van der Waals surface area contributed by atoms with Crippen LogP contribution < -0.4 is 5.32 Å². The smallest absolute Gasteiger partial charge is 0.0589 e. The zero-order valence-corrected chi connectivity index (χ0v) is 9.75. The lowest BCUT2D eigenvalue weighted by molar-refractivity contribution is 0.133. The summed E-state index contributed by atoms with van der Waals surface area (Å²) in [5.74, 6) is 0. The standard InChI is InChI=1S/C11H24N2O/c1-5-7-13(8-9-14-4)11(3)10-12-6-2/h5,11-12H,1,6-10H2,2-4H3. The van der Waals surface area contributed by atoms with Gasteiger partial charge in [0, 0.05) is 32.8 Å². The molecule has 0 saturated carbocycles. The molecule has 0 aliphatic rings. The van der Waals surface area contributed by atoms with Crippen LogP contribution in [0.5, 0.6) is 0 Å². The molecule has 0 radical (unpaired) electrons. The summed E-state index contributed by atoms with van der Waals surface area (Å²) < 4.78 is 5.08. The summed E-state index contributed by atoms with van der Waals surface area (Å²) in [5.41, 5.74) is 0. The van der Waals surface area contributed by atoms with Gasteiger partial charge in [-0.05, 0) is 13.5 Å². The monoisotopic (exact) mass is 200 g/mol. The number of likely N-dealkylation sites (N-methyl/N-ethyl adjacent to an activating group) is 1. The minimum atomic E-state index is 0.531. The van der Waals surface area contributed by atoms with E-state index < -0.39 is 0 Å². The van der Waals surface area contributed by atoms with Gasteiger partial charge in [-0.25, -0.2) is 0 Å². The molecule has 0 aromatic heterocycles. The molecule has 3 heteroatoms. The molecular formula is C11H24N2O. The van der Waals surface area contributed by atoms with E-state index in [1.807, 2.05) is 6.08 Å². The van der Waals surface area contributed by atoms with Crippen molar-refractivity contribution in [2.45, 2.75) is 19.9 Å². The summed E-state index contributed by atoms with van der Waals surface area (Å²) in [5, 5.41) is 3.35. The van der Waals surface area contributed by atoms with Crippen molar-refractivity contribution < 1.29 is 4.74 Å². The first-order valence-electron chi connectivity index (χ1n) is 5.30. The molecule has 0 rings (SSSR count). The third-order valence-corrected chi connectivity index (χ3v) is 2.26. The highest BCUT2D eigenvalue weighted by molar-refractivity contribution is 4.78. The lowest BCUT2D eigenvalue weighted by Gasteiger charge is -2.27. The molecule has 1 unspecified atom stereocenters. The van der Waals surface area contributed by atoms with E-state index >= 15 is 0 Å². The fourth-order valence-electron chi connectivity index (χ4n) is 1.35. The van der Waals surface area contributed by atoms with E-state index in [2.05, 4.69) is 30.6 Å². The summed E-state index contributed by atoms with van der Waals surface area (Å²) in [6.07, 6.45) is 1.94. The van der Waals surface area contributed by atoms with Crippen molar-refractivity contribution in [1.82, 2.24) is 10.2 Å². The van der Waals surface area contributed by atoms with Crippen molar-refractivity contribution in [3.8, 4) is 0 Å². The Morgan fingerprint density at radius 2 is 2.29 bits per heavy atom. The Balaban J connectivity index is 3.83. The lowest BCUT2D eigenvalue weighted by Crippen LogP contribution is -2.42. The summed E-state index contributed by atoms with van der Waals surface area (Å²) in [6, 6.07) is 0.531. The highest BCUT2D eigenvalue weighted by atomic mass is 16.5. The summed E-state index contributed by atoms with van der Waals surface area (Å²) >= 11 is 0. The van der Waals surface area contributed by atoms with Crippen molar-refractivity contribution in [2.24, 2.45) is 0 Å². The van der Waals surface area contributed by atoms with Crippen LogP contribution in [-0.4, -0.2) is 50.8 Å². The average Bonchev–Trinajstić information content (AvgIpc) is 2.20. The van der Waals surface area contributed by atoms with Crippen LogP contribution in [0.2, 0.25) is 0 Å². The largest absolute Gasteiger partial charge is 0.383 e. The highest BCUT2D eigenvalue weighted by Crippen LogP contribution is 1.97. The Hall–Kier alpha value is -0.380. The van der Waals surface area contributed by atoms with Crippen molar-refractivity contribution >= 4 is 0 Å². The van der Waals surface area contributed by atoms with Crippen molar-refractivity contribution in [1.29, 1.82) is 0 Å². The molecule has 0 spiro atoms. The normalized spacial score (nSPS) is 13.1. The first kappa shape index (κ1) is 13.6. The molecule has 14 heavy (non-hydrogen) atoms. The first-order valence-corrected chi connectivity index (χ1v) is 5.30. The van der Waals surface area contributed by atoms with Crippen LogP contribution in [0.1, 0.15) is 13.8 Å². The molecule has 0 aliphatic heterocycles. The van der Waals surface area contributed by atoms with Crippen LogP contribution in [0.25, 0.3) is 0 Å². The average molecular weight is 200 g/mol. The Labute approximate surface area is 88.1 Å². The zero-order valence-electron chi connectivity index (χ0n) is 9.75. The van der Waals surface area contributed by atoms with E-state index in [1.54, 1.807) is 7.11 Å². The number of nitrogens with zero attached hydrogens (tertiary/aromatic N) is 1. The highest BCUT2D eigenvalue weighted by Gasteiger charge is 2.10. The van der Waals surface area contributed by atoms with Gasteiger partial charge in [0.2, 0.25) is 0 Å². The minimum Gasteiger partial charge on any atom is -0.383 e. The van der Waals surface area contributed by atoms with Gasteiger partial charge in [-0.15, -0.1) is 6.58 Å². The van der Waals surface area contributed by atoms with E-state index in [0.717, 1.165) is 32.8 Å². The molecule has 0 aromatic carbocycles. The molecule has 0 saturated heterocycles. The van der Waals surface area contributed by atoms with Gasteiger partial charge >= 0.3 is 0 Å². The Kier molecular flexibility index (Phi) is 8.94. The van der Waals surface area contributed by atoms with Crippen molar-refractivity contribution in [3.63, 3.8) is 0 Å².